The van der Waals surface area contributed by atoms with Gasteiger partial charge in [0.2, 0.25) is 0 Å². The number of aliphatic hydroxyl groups excluding tert-OH is 1. The van der Waals surface area contributed by atoms with Crippen LogP contribution in [0.1, 0.15) is 17.2 Å². The third kappa shape index (κ3) is 5.26. The minimum atomic E-state index is -0.564. The molecule has 0 bridgehead atoms. The highest BCUT2D eigenvalue weighted by Gasteiger charge is 2.09. The van der Waals surface area contributed by atoms with E-state index >= 15 is 0 Å². The van der Waals surface area contributed by atoms with Gasteiger partial charge < -0.3 is 25.6 Å². The first kappa shape index (κ1) is 17.8. The van der Waals surface area contributed by atoms with Crippen LogP contribution in [0.15, 0.2) is 48.5 Å². The lowest BCUT2D eigenvalue weighted by Crippen LogP contribution is -2.21. The van der Waals surface area contributed by atoms with E-state index < -0.39 is 12.0 Å². The summed E-state index contributed by atoms with van der Waals surface area (Å²) in [5.74, 6) is 0.446. The van der Waals surface area contributed by atoms with E-state index in [4.69, 9.17) is 15.2 Å². The van der Waals surface area contributed by atoms with Gasteiger partial charge >= 0.3 is 0 Å². The molecule has 0 spiro atoms. The van der Waals surface area contributed by atoms with Gasteiger partial charge in [-0.25, -0.2) is 0 Å². The number of nitrogens with two attached hydrogens (primary N) is 1. The standard InChI is InChI=1S/C18H22N2O4/c1-23-17-9-13(7-8-16(17)24-12-18(19)22)10-20-11-15(21)14-5-3-2-4-6-14/h2-9,15,20-21H,10-12H2,1H3,(H2,19,22)/t15-/m1/s1. The quantitative estimate of drug-likeness (QED) is 0.646. The van der Waals surface area contributed by atoms with Crippen molar-refractivity contribution in [2.45, 2.75) is 12.6 Å². The van der Waals surface area contributed by atoms with E-state index in [9.17, 15) is 9.90 Å². The van der Waals surface area contributed by atoms with E-state index in [1.54, 1.807) is 6.07 Å². The monoisotopic (exact) mass is 330 g/mol. The molecule has 0 saturated carbocycles. The number of rotatable bonds is 9. The SMILES string of the molecule is COc1cc(CNC[C@@H](O)c2ccccc2)ccc1OCC(N)=O. The van der Waals surface area contributed by atoms with Gasteiger partial charge in [-0.3, -0.25) is 4.79 Å². The maximum Gasteiger partial charge on any atom is 0.255 e. The maximum absolute atomic E-state index is 10.8. The fourth-order valence-electron chi connectivity index (χ4n) is 2.24. The predicted molar refractivity (Wildman–Crippen MR) is 90.8 cm³/mol. The Hall–Kier alpha value is -2.57. The summed E-state index contributed by atoms with van der Waals surface area (Å²) in [4.78, 5) is 10.8. The summed E-state index contributed by atoms with van der Waals surface area (Å²) in [6.45, 7) is 0.805. The van der Waals surface area contributed by atoms with Gasteiger partial charge in [0.25, 0.3) is 5.91 Å². The zero-order valence-corrected chi connectivity index (χ0v) is 13.6. The van der Waals surface area contributed by atoms with Crippen molar-refractivity contribution in [2.24, 2.45) is 5.73 Å². The first-order chi connectivity index (χ1) is 11.6. The smallest absolute Gasteiger partial charge is 0.255 e. The maximum atomic E-state index is 10.8. The molecule has 0 aliphatic heterocycles. The van der Waals surface area contributed by atoms with Gasteiger partial charge in [-0.1, -0.05) is 36.4 Å². The number of benzene rings is 2. The van der Waals surface area contributed by atoms with Crippen molar-refractivity contribution in [2.75, 3.05) is 20.3 Å². The fourth-order valence-corrected chi connectivity index (χ4v) is 2.24. The van der Waals surface area contributed by atoms with Gasteiger partial charge in [0.1, 0.15) is 0 Å². The third-order valence-electron chi connectivity index (χ3n) is 3.45. The van der Waals surface area contributed by atoms with E-state index in [1.165, 1.54) is 7.11 Å². The minimum absolute atomic E-state index is 0.197. The summed E-state index contributed by atoms with van der Waals surface area (Å²) >= 11 is 0. The van der Waals surface area contributed by atoms with Crippen LogP contribution >= 0.6 is 0 Å². The number of nitrogens with one attached hydrogen (secondary N) is 1. The van der Waals surface area contributed by atoms with Gasteiger partial charge in [-0.05, 0) is 23.3 Å². The summed E-state index contributed by atoms with van der Waals surface area (Å²) in [5.41, 5.74) is 6.91. The van der Waals surface area contributed by atoms with Crippen molar-refractivity contribution in [3.63, 3.8) is 0 Å². The summed E-state index contributed by atoms with van der Waals surface area (Å²) in [7, 11) is 1.53. The van der Waals surface area contributed by atoms with Crippen LogP contribution in [0.2, 0.25) is 0 Å². The molecule has 0 heterocycles. The van der Waals surface area contributed by atoms with Crippen molar-refractivity contribution in [1.82, 2.24) is 5.32 Å². The van der Waals surface area contributed by atoms with Gasteiger partial charge in [0, 0.05) is 13.1 Å². The minimum Gasteiger partial charge on any atom is -0.493 e. The van der Waals surface area contributed by atoms with Gasteiger partial charge in [-0.2, -0.15) is 0 Å². The van der Waals surface area contributed by atoms with Crippen molar-refractivity contribution >= 4 is 5.91 Å². The van der Waals surface area contributed by atoms with Crippen molar-refractivity contribution in [3.05, 3.63) is 59.7 Å². The Kier molecular flexibility index (Phi) is 6.60. The molecule has 128 valence electrons. The molecule has 6 heteroatoms. The van der Waals surface area contributed by atoms with Crippen LogP contribution in [-0.2, 0) is 11.3 Å². The fraction of sp³-hybridized carbons (Fsp3) is 0.278. The van der Waals surface area contributed by atoms with Crippen LogP contribution in [0.4, 0.5) is 0 Å². The van der Waals surface area contributed by atoms with Gasteiger partial charge in [-0.15, -0.1) is 0 Å². The van der Waals surface area contributed by atoms with Crippen LogP contribution in [0.3, 0.4) is 0 Å². The second-order valence-electron chi connectivity index (χ2n) is 5.30. The number of methoxy groups -OCH3 is 1. The predicted octanol–water partition coefficient (Wildman–Crippen LogP) is 1.38. The zero-order chi connectivity index (χ0) is 17.4. The summed E-state index contributed by atoms with van der Waals surface area (Å²) < 4.78 is 10.5. The van der Waals surface area contributed by atoms with Crippen molar-refractivity contribution in [1.29, 1.82) is 0 Å². The number of carbonyl (C=O) groups excluding carboxylic acids is 1. The number of hydrogen-bond acceptors (Lipinski definition) is 5. The molecule has 0 fully saturated rings. The Labute approximate surface area is 141 Å². The molecular formula is C18H22N2O4. The molecule has 2 rings (SSSR count). The van der Waals surface area contributed by atoms with Crippen molar-refractivity contribution < 1.29 is 19.4 Å². The first-order valence-corrected chi connectivity index (χ1v) is 7.62. The lowest BCUT2D eigenvalue weighted by molar-refractivity contribution is -0.119. The molecule has 4 N–H and O–H groups in total. The molecule has 0 radical (unpaired) electrons. The second kappa shape index (κ2) is 8.90. The molecule has 2 aromatic rings. The van der Waals surface area contributed by atoms with Crippen LogP contribution < -0.4 is 20.5 Å². The highest BCUT2D eigenvalue weighted by atomic mass is 16.5. The molecule has 0 saturated heterocycles. The van der Waals surface area contributed by atoms with E-state index in [2.05, 4.69) is 5.32 Å². The Morgan fingerprint density at radius 2 is 1.96 bits per heavy atom. The molecule has 0 aliphatic carbocycles. The third-order valence-corrected chi connectivity index (χ3v) is 3.45. The Morgan fingerprint density at radius 3 is 2.62 bits per heavy atom. The van der Waals surface area contributed by atoms with Crippen molar-refractivity contribution in [3.8, 4) is 11.5 Å². The molecule has 0 unspecified atom stereocenters. The van der Waals surface area contributed by atoms with Gasteiger partial charge in [0.15, 0.2) is 18.1 Å². The number of aliphatic hydroxyl groups is 1. The molecule has 24 heavy (non-hydrogen) atoms. The zero-order valence-electron chi connectivity index (χ0n) is 13.6. The number of primary amides is 1. The lowest BCUT2D eigenvalue weighted by atomic mass is 10.1. The summed E-state index contributed by atoms with van der Waals surface area (Å²) in [6.07, 6.45) is -0.564. The van der Waals surface area contributed by atoms with Crippen LogP contribution in [0.25, 0.3) is 0 Å². The number of hydrogen-bond donors (Lipinski definition) is 3. The summed E-state index contributed by atoms with van der Waals surface area (Å²) in [5, 5.41) is 13.3. The molecule has 1 amide bonds. The molecular weight excluding hydrogens is 308 g/mol. The number of carbonyl (C=O) groups is 1. The molecule has 0 aromatic heterocycles. The van der Waals surface area contributed by atoms with Crippen LogP contribution in [0.5, 0.6) is 11.5 Å². The highest BCUT2D eigenvalue weighted by molar-refractivity contribution is 5.75. The number of ether oxygens (including phenoxy) is 2. The van der Waals surface area contributed by atoms with Crippen LogP contribution in [0, 0.1) is 0 Å². The normalized spacial score (nSPS) is 11.8. The first-order valence-electron chi connectivity index (χ1n) is 7.62. The van der Waals surface area contributed by atoms with Gasteiger partial charge in [0.05, 0.1) is 13.2 Å². The number of amides is 1. The highest BCUT2D eigenvalue weighted by Crippen LogP contribution is 2.28. The van der Waals surface area contributed by atoms with Crippen LogP contribution in [-0.4, -0.2) is 31.3 Å². The molecule has 6 nitrogen and oxygen atoms in total. The second-order valence-corrected chi connectivity index (χ2v) is 5.30. The summed E-state index contributed by atoms with van der Waals surface area (Å²) in [6, 6.07) is 14.9. The van der Waals surface area contributed by atoms with E-state index in [0.29, 0.717) is 24.6 Å². The van der Waals surface area contributed by atoms with E-state index in [0.717, 1.165) is 11.1 Å². The molecule has 2 aromatic carbocycles. The van der Waals surface area contributed by atoms with E-state index in [1.807, 2.05) is 42.5 Å². The Morgan fingerprint density at radius 1 is 1.21 bits per heavy atom. The Bertz CT molecular complexity index is 661. The molecule has 0 aliphatic rings. The largest absolute Gasteiger partial charge is 0.493 e. The lowest BCUT2D eigenvalue weighted by Gasteiger charge is -2.14. The average molecular weight is 330 g/mol. The average Bonchev–Trinajstić information content (AvgIpc) is 2.61. The molecule has 1 atom stereocenters. The topological polar surface area (TPSA) is 93.8 Å². The Balaban J connectivity index is 1.89. The van der Waals surface area contributed by atoms with E-state index in [-0.39, 0.29) is 6.61 Å².